The smallest absolute Gasteiger partial charge is 0.154 e. The van der Waals surface area contributed by atoms with Crippen LogP contribution in [0.2, 0.25) is 0 Å². The van der Waals surface area contributed by atoms with E-state index in [2.05, 4.69) is 31.9 Å². The van der Waals surface area contributed by atoms with Gasteiger partial charge in [-0.15, -0.1) is 0 Å². The monoisotopic (exact) mass is 418 g/mol. The van der Waals surface area contributed by atoms with Gasteiger partial charge in [-0.1, -0.05) is 0 Å². The van der Waals surface area contributed by atoms with Crippen molar-refractivity contribution in [1.82, 2.24) is 9.97 Å². The molecule has 108 valence electrons. The molecule has 4 nitrogen and oxygen atoms in total. The first kappa shape index (κ1) is 13.7. The fourth-order valence-electron chi connectivity index (χ4n) is 2.22. The largest absolute Gasteiger partial charge is 0.463 e. The van der Waals surface area contributed by atoms with Gasteiger partial charge in [0.25, 0.3) is 0 Å². The second kappa shape index (κ2) is 5.37. The molecule has 0 aliphatic heterocycles. The van der Waals surface area contributed by atoms with Crippen LogP contribution >= 0.6 is 31.9 Å². The van der Waals surface area contributed by atoms with Crippen LogP contribution in [-0.2, 0) is 0 Å². The van der Waals surface area contributed by atoms with Gasteiger partial charge in [0, 0.05) is 8.95 Å². The molecule has 0 bridgehead atoms. The van der Waals surface area contributed by atoms with E-state index in [0.717, 1.165) is 20.0 Å². The van der Waals surface area contributed by atoms with Gasteiger partial charge in [0.1, 0.15) is 11.4 Å². The molecule has 0 spiro atoms. The zero-order chi connectivity index (χ0) is 15.1. The molecule has 4 aromatic rings. The minimum absolute atomic E-state index is 0.653. The van der Waals surface area contributed by atoms with E-state index in [1.807, 2.05) is 36.4 Å². The Kier molecular flexibility index (Phi) is 3.35. The van der Waals surface area contributed by atoms with Gasteiger partial charge in [-0.3, -0.25) is 0 Å². The quantitative estimate of drug-likeness (QED) is 0.419. The van der Waals surface area contributed by atoms with Crippen LogP contribution < -0.4 is 0 Å². The van der Waals surface area contributed by atoms with Crippen LogP contribution in [0.1, 0.15) is 0 Å². The Hall–Kier alpha value is -1.92. The number of aromatic nitrogens is 2. The highest BCUT2D eigenvalue weighted by molar-refractivity contribution is 9.13. The minimum atomic E-state index is 0.653. The average molecular weight is 420 g/mol. The van der Waals surface area contributed by atoms with Crippen LogP contribution in [0.15, 0.2) is 66.7 Å². The second-order valence-electron chi connectivity index (χ2n) is 4.63. The summed E-state index contributed by atoms with van der Waals surface area (Å²) in [5.74, 6) is 1.31. The molecule has 1 aromatic carbocycles. The molecule has 0 fully saturated rings. The molecule has 0 aliphatic rings. The first-order valence-electron chi connectivity index (χ1n) is 6.47. The van der Waals surface area contributed by atoms with Crippen molar-refractivity contribution in [3.05, 3.63) is 57.9 Å². The van der Waals surface area contributed by atoms with Crippen molar-refractivity contribution in [2.75, 3.05) is 0 Å². The summed E-state index contributed by atoms with van der Waals surface area (Å²) < 4.78 is 12.8. The van der Waals surface area contributed by atoms with E-state index in [1.165, 1.54) is 0 Å². The maximum atomic E-state index is 5.50. The summed E-state index contributed by atoms with van der Waals surface area (Å²) in [5, 5.41) is 0. The molecule has 0 amide bonds. The standard InChI is InChI=1S/C16H8Br2N2O2/c17-9-7-11-12(8-10(9)18)20-16(14-4-2-6-22-14)15(19-11)13-3-1-5-21-13/h1-8H. The van der Waals surface area contributed by atoms with Gasteiger partial charge in [-0.25, -0.2) is 9.97 Å². The van der Waals surface area contributed by atoms with Gasteiger partial charge in [-0.05, 0) is 68.3 Å². The Morgan fingerprint density at radius 3 is 1.55 bits per heavy atom. The Balaban J connectivity index is 2.06. The van der Waals surface area contributed by atoms with Gasteiger partial charge < -0.3 is 8.83 Å². The number of benzene rings is 1. The van der Waals surface area contributed by atoms with Crippen LogP contribution in [0.5, 0.6) is 0 Å². The first-order chi connectivity index (χ1) is 10.7. The molecule has 4 rings (SSSR count). The third-order valence-corrected chi connectivity index (χ3v) is 5.06. The summed E-state index contributed by atoms with van der Waals surface area (Å²) in [6.45, 7) is 0. The summed E-state index contributed by atoms with van der Waals surface area (Å²) >= 11 is 6.98. The molecule has 22 heavy (non-hydrogen) atoms. The molecule has 0 aliphatic carbocycles. The van der Waals surface area contributed by atoms with Gasteiger partial charge in [0.05, 0.1) is 23.6 Å². The molecular formula is C16H8Br2N2O2. The summed E-state index contributed by atoms with van der Waals surface area (Å²) in [6.07, 6.45) is 3.23. The predicted molar refractivity (Wildman–Crippen MR) is 90.3 cm³/mol. The number of halogens is 2. The van der Waals surface area contributed by atoms with Crippen LogP contribution in [0, 0.1) is 0 Å². The van der Waals surface area contributed by atoms with Crippen LogP contribution in [0.25, 0.3) is 33.9 Å². The van der Waals surface area contributed by atoms with Crippen molar-refractivity contribution >= 4 is 42.9 Å². The van der Waals surface area contributed by atoms with Crippen molar-refractivity contribution in [1.29, 1.82) is 0 Å². The molecule has 3 aromatic heterocycles. The third kappa shape index (κ3) is 2.28. The maximum Gasteiger partial charge on any atom is 0.154 e. The zero-order valence-corrected chi connectivity index (χ0v) is 14.3. The highest BCUT2D eigenvalue weighted by Crippen LogP contribution is 2.34. The lowest BCUT2D eigenvalue weighted by molar-refractivity contribution is 0.572. The molecule has 6 heteroatoms. The summed E-state index contributed by atoms with van der Waals surface area (Å²) in [7, 11) is 0. The van der Waals surface area contributed by atoms with Crippen LogP contribution in [-0.4, -0.2) is 9.97 Å². The summed E-state index contributed by atoms with van der Waals surface area (Å²) in [5.41, 5.74) is 2.86. The molecule has 0 unspecified atom stereocenters. The van der Waals surface area contributed by atoms with Crippen LogP contribution in [0.3, 0.4) is 0 Å². The van der Waals surface area contributed by atoms with Gasteiger partial charge in [0.2, 0.25) is 0 Å². The molecule has 0 saturated heterocycles. The summed E-state index contributed by atoms with van der Waals surface area (Å²) in [4.78, 5) is 9.42. The van der Waals surface area contributed by atoms with E-state index in [0.29, 0.717) is 22.9 Å². The number of hydrogen-bond donors (Lipinski definition) is 0. The molecule has 0 N–H and O–H groups in total. The molecule has 3 heterocycles. The Morgan fingerprint density at radius 2 is 1.18 bits per heavy atom. The van der Waals surface area contributed by atoms with Gasteiger partial charge in [0.15, 0.2) is 11.5 Å². The topological polar surface area (TPSA) is 52.1 Å². The molecule has 0 atom stereocenters. The van der Waals surface area contributed by atoms with E-state index in [9.17, 15) is 0 Å². The van der Waals surface area contributed by atoms with Crippen LogP contribution in [0.4, 0.5) is 0 Å². The maximum absolute atomic E-state index is 5.50. The fourth-order valence-corrected chi connectivity index (χ4v) is 2.88. The Morgan fingerprint density at radius 1 is 0.727 bits per heavy atom. The fraction of sp³-hybridized carbons (Fsp3) is 0. The van der Waals surface area contributed by atoms with Crippen molar-refractivity contribution < 1.29 is 8.83 Å². The second-order valence-corrected chi connectivity index (χ2v) is 6.34. The minimum Gasteiger partial charge on any atom is -0.463 e. The number of hydrogen-bond acceptors (Lipinski definition) is 4. The van der Waals surface area contributed by atoms with Crippen molar-refractivity contribution in [3.63, 3.8) is 0 Å². The third-order valence-electron chi connectivity index (χ3n) is 3.22. The van der Waals surface area contributed by atoms with E-state index in [1.54, 1.807) is 12.5 Å². The highest BCUT2D eigenvalue weighted by atomic mass is 79.9. The first-order valence-corrected chi connectivity index (χ1v) is 8.05. The highest BCUT2D eigenvalue weighted by Gasteiger charge is 2.17. The van der Waals surface area contributed by atoms with Gasteiger partial charge in [-0.2, -0.15) is 0 Å². The lowest BCUT2D eigenvalue weighted by Gasteiger charge is -2.07. The number of nitrogens with zero attached hydrogens (tertiary/aromatic N) is 2. The van der Waals surface area contributed by atoms with Crippen molar-refractivity contribution in [2.24, 2.45) is 0 Å². The van der Waals surface area contributed by atoms with Gasteiger partial charge >= 0.3 is 0 Å². The average Bonchev–Trinajstić information content (AvgIpc) is 3.21. The molecular weight excluding hydrogens is 412 g/mol. The van der Waals surface area contributed by atoms with E-state index < -0.39 is 0 Å². The molecule has 0 saturated carbocycles. The van der Waals surface area contributed by atoms with E-state index in [4.69, 9.17) is 18.8 Å². The lowest BCUT2D eigenvalue weighted by atomic mass is 10.2. The zero-order valence-electron chi connectivity index (χ0n) is 11.1. The lowest BCUT2D eigenvalue weighted by Crippen LogP contribution is -1.94. The SMILES string of the molecule is Brc1cc2nc(-c3ccco3)c(-c3ccco3)nc2cc1Br. The normalized spacial score (nSPS) is 11.2. The van der Waals surface area contributed by atoms with E-state index >= 15 is 0 Å². The number of rotatable bonds is 2. The van der Waals surface area contributed by atoms with E-state index in [-0.39, 0.29) is 0 Å². The summed E-state index contributed by atoms with van der Waals surface area (Å²) in [6, 6.07) is 11.2. The number of fused-ring (bicyclic) bond motifs is 1. The predicted octanol–water partition coefficient (Wildman–Crippen LogP) is 5.67. The van der Waals surface area contributed by atoms with Crippen molar-refractivity contribution in [2.45, 2.75) is 0 Å². The van der Waals surface area contributed by atoms with Crippen molar-refractivity contribution in [3.8, 4) is 22.9 Å². The Labute approximate surface area is 142 Å². The number of furan rings is 2. The Bertz CT molecular complexity index is 869. The molecule has 0 radical (unpaired) electrons.